The van der Waals surface area contributed by atoms with Crippen molar-refractivity contribution < 1.29 is 9.53 Å². The fourth-order valence-electron chi connectivity index (χ4n) is 1.31. The van der Waals surface area contributed by atoms with Crippen molar-refractivity contribution in [1.29, 1.82) is 0 Å². The van der Waals surface area contributed by atoms with Gasteiger partial charge in [-0.3, -0.25) is 4.79 Å². The molecule has 0 aliphatic carbocycles. The third-order valence-electron chi connectivity index (χ3n) is 2.21. The first-order valence-corrected chi connectivity index (χ1v) is 5.14. The summed E-state index contributed by atoms with van der Waals surface area (Å²) in [6, 6.07) is 7.66. The monoisotopic (exact) mass is 243 g/mol. The zero-order valence-electron chi connectivity index (χ0n) is 9.60. The maximum absolute atomic E-state index is 10.7. The maximum Gasteiger partial charge on any atom is 0.308 e. The summed E-state index contributed by atoms with van der Waals surface area (Å²) in [6.07, 6.45) is 1.82. The fraction of sp³-hybridized carbons (Fsp3) is 0.417. The van der Waals surface area contributed by atoms with Crippen LogP contribution in [0.1, 0.15) is 25.8 Å². The Morgan fingerprint density at radius 2 is 1.94 bits per heavy atom. The molecule has 1 unspecified atom stereocenters. The minimum absolute atomic E-state index is 0. The lowest BCUT2D eigenvalue weighted by atomic mass is 10.0. The zero-order valence-corrected chi connectivity index (χ0v) is 10.4. The number of carbonyl (C=O) groups is 1. The number of benzene rings is 1. The van der Waals surface area contributed by atoms with E-state index in [1.165, 1.54) is 12.5 Å². The highest BCUT2D eigenvalue weighted by molar-refractivity contribution is 5.85. The van der Waals surface area contributed by atoms with Crippen molar-refractivity contribution in [3.8, 4) is 5.75 Å². The van der Waals surface area contributed by atoms with Gasteiger partial charge in [-0.05, 0) is 30.5 Å². The van der Waals surface area contributed by atoms with Crippen LogP contribution < -0.4 is 10.5 Å². The second-order valence-corrected chi connectivity index (χ2v) is 3.61. The van der Waals surface area contributed by atoms with Crippen LogP contribution in [-0.2, 0) is 11.2 Å². The van der Waals surface area contributed by atoms with Crippen molar-refractivity contribution in [2.45, 2.75) is 32.7 Å². The molecule has 0 radical (unpaired) electrons. The van der Waals surface area contributed by atoms with E-state index in [0.717, 1.165) is 12.8 Å². The van der Waals surface area contributed by atoms with Crippen LogP contribution in [0.5, 0.6) is 5.75 Å². The van der Waals surface area contributed by atoms with Gasteiger partial charge >= 0.3 is 5.97 Å². The maximum atomic E-state index is 10.7. The van der Waals surface area contributed by atoms with Crippen molar-refractivity contribution >= 4 is 18.4 Å². The molecule has 1 rings (SSSR count). The molecular weight excluding hydrogens is 226 g/mol. The smallest absolute Gasteiger partial charge is 0.308 e. The van der Waals surface area contributed by atoms with E-state index in [9.17, 15) is 4.79 Å². The molecule has 0 saturated carbocycles. The highest BCUT2D eigenvalue weighted by Crippen LogP contribution is 2.13. The predicted molar refractivity (Wildman–Crippen MR) is 67.0 cm³/mol. The van der Waals surface area contributed by atoms with Crippen LogP contribution >= 0.6 is 12.4 Å². The minimum atomic E-state index is -0.298. The minimum Gasteiger partial charge on any atom is -0.427 e. The fourth-order valence-corrected chi connectivity index (χ4v) is 1.31. The third kappa shape index (κ3) is 5.14. The second kappa shape index (κ2) is 7.25. The normalized spacial score (nSPS) is 11.4. The summed E-state index contributed by atoms with van der Waals surface area (Å²) in [6.45, 7) is 3.46. The lowest BCUT2D eigenvalue weighted by molar-refractivity contribution is -0.131. The Morgan fingerprint density at radius 3 is 2.38 bits per heavy atom. The SMILES string of the molecule is CCC(N)Cc1ccc(OC(C)=O)cc1.Cl. The van der Waals surface area contributed by atoms with E-state index >= 15 is 0 Å². The van der Waals surface area contributed by atoms with Gasteiger partial charge < -0.3 is 10.5 Å². The number of hydrogen-bond acceptors (Lipinski definition) is 3. The average molecular weight is 244 g/mol. The molecule has 0 spiro atoms. The second-order valence-electron chi connectivity index (χ2n) is 3.61. The largest absolute Gasteiger partial charge is 0.427 e. The molecule has 0 fully saturated rings. The topological polar surface area (TPSA) is 52.3 Å². The Balaban J connectivity index is 0.00000225. The van der Waals surface area contributed by atoms with Gasteiger partial charge in [-0.25, -0.2) is 0 Å². The van der Waals surface area contributed by atoms with Gasteiger partial charge in [0.15, 0.2) is 0 Å². The van der Waals surface area contributed by atoms with Crippen molar-refractivity contribution in [2.24, 2.45) is 5.73 Å². The molecule has 0 heterocycles. The Hall–Kier alpha value is -1.06. The Bertz CT molecular complexity index is 324. The third-order valence-corrected chi connectivity index (χ3v) is 2.21. The molecule has 0 bridgehead atoms. The molecule has 0 aliphatic heterocycles. The van der Waals surface area contributed by atoms with Crippen LogP contribution in [0.4, 0.5) is 0 Å². The zero-order chi connectivity index (χ0) is 11.3. The number of hydrogen-bond donors (Lipinski definition) is 1. The molecule has 0 aliphatic rings. The number of rotatable bonds is 4. The van der Waals surface area contributed by atoms with E-state index in [-0.39, 0.29) is 24.4 Å². The van der Waals surface area contributed by atoms with Crippen molar-refractivity contribution in [3.05, 3.63) is 29.8 Å². The van der Waals surface area contributed by atoms with Crippen LogP contribution in [-0.4, -0.2) is 12.0 Å². The number of halogens is 1. The summed E-state index contributed by atoms with van der Waals surface area (Å²) in [4.78, 5) is 10.7. The Kier molecular flexibility index (Phi) is 6.77. The van der Waals surface area contributed by atoms with Gasteiger partial charge in [-0.2, -0.15) is 0 Å². The molecule has 0 amide bonds. The Morgan fingerprint density at radius 1 is 1.38 bits per heavy atom. The number of esters is 1. The first-order chi connectivity index (χ1) is 7.11. The lowest BCUT2D eigenvalue weighted by Gasteiger charge is -2.08. The standard InChI is InChI=1S/C12H17NO2.ClH/c1-3-11(13)8-10-4-6-12(7-5-10)15-9(2)14;/h4-7,11H,3,8,13H2,1-2H3;1H. The summed E-state index contributed by atoms with van der Waals surface area (Å²) in [5.74, 6) is 0.282. The van der Waals surface area contributed by atoms with Crippen molar-refractivity contribution in [2.75, 3.05) is 0 Å². The van der Waals surface area contributed by atoms with E-state index in [4.69, 9.17) is 10.5 Å². The average Bonchev–Trinajstić information content (AvgIpc) is 2.20. The molecule has 1 aromatic rings. The molecule has 0 aromatic heterocycles. The van der Waals surface area contributed by atoms with E-state index < -0.39 is 0 Å². The highest BCUT2D eigenvalue weighted by Gasteiger charge is 2.02. The number of ether oxygens (including phenoxy) is 1. The van der Waals surface area contributed by atoms with E-state index in [0.29, 0.717) is 5.75 Å². The molecule has 16 heavy (non-hydrogen) atoms. The number of nitrogens with two attached hydrogens (primary N) is 1. The van der Waals surface area contributed by atoms with Gasteiger partial charge in [0, 0.05) is 13.0 Å². The summed E-state index contributed by atoms with van der Waals surface area (Å²) in [5.41, 5.74) is 7.01. The first kappa shape index (κ1) is 14.9. The van der Waals surface area contributed by atoms with Crippen LogP contribution in [0, 0.1) is 0 Å². The summed E-state index contributed by atoms with van der Waals surface area (Å²) < 4.78 is 4.93. The van der Waals surface area contributed by atoms with E-state index in [1.807, 2.05) is 12.1 Å². The van der Waals surface area contributed by atoms with Crippen molar-refractivity contribution in [3.63, 3.8) is 0 Å². The van der Waals surface area contributed by atoms with E-state index in [1.54, 1.807) is 12.1 Å². The molecule has 3 nitrogen and oxygen atoms in total. The molecule has 4 heteroatoms. The predicted octanol–water partition coefficient (Wildman–Crippen LogP) is 2.31. The van der Waals surface area contributed by atoms with Gasteiger partial charge in [0.25, 0.3) is 0 Å². The highest BCUT2D eigenvalue weighted by atomic mass is 35.5. The van der Waals surface area contributed by atoms with Crippen molar-refractivity contribution in [1.82, 2.24) is 0 Å². The van der Waals surface area contributed by atoms with Gasteiger partial charge in [0.05, 0.1) is 0 Å². The van der Waals surface area contributed by atoms with Gasteiger partial charge in [0.2, 0.25) is 0 Å². The van der Waals surface area contributed by atoms with Gasteiger partial charge in [-0.1, -0.05) is 19.1 Å². The number of carbonyl (C=O) groups excluding carboxylic acids is 1. The summed E-state index contributed by atoms with van der Waals surface area (Å²) in [5, 5.41) is 0. The van der Waals surface area contributed by atoms with Crippen LogP contribution in [0.2, 0.25) is 0 Å². The molecular formula is C12H18ClNO2. The quantitative estimate of drug-likeness (QED) is 0.652. The van der Waals surface area contributed by atoms with Crippen LogP contribution in [0.3, 0.4) is 0 Å². The molecule has 0 saturated heterocycles. The van der Waals surface area contributed by atoms with E-state index in [2.05, 4.69) is 6.92 Å². The molecule has 1 aromatic carbocycles. The first-order valence-electron chi connectivity index (χ1n) is 5.14. The van der Waals surface area contributed by atoms with Gasteiger partial charge in [0.1, 0.15) is 5.75 Å². The Labute approximate surface area is 102 Å². The molecule has 2 N–H and O–H groups in total. The molecule has 1 atom stereocenters. The van der Waals surface area contributed by atoms with Crippen LogP contribution in [0.15, 0.2) is 24.3 Å². The summed E-state index contributed by atoms with van der Waals surface area (Å²) >= 11 is 0. The summed E-state index contributed by atoms with van der Waals surface area (Å²) in [7, 11) is 0. The molecule has 90 valence electrons. The van der Waals surface area contributed by atoms with Crippen LogP contribution in [0.25, 0.3) is 0 Å². The lowest BCUT2D eigenvalue weighted by Crippen LogP contribution is -2.21. The van der Waals surface area contributed by atoms with Gasteiger partial charge in [-0.15, -0.1) is 12.4 Å².